The Hall–Kier alpha value is -1.69. The molecule has 0 fully saturated rings. The first-order chi connectivity index (χ1) is 11.5. The molecule has 0 aromatic heterocycles. The van der Waals surface area contributed by atoms with Gasteiger partial charge in [0, 0.05) is 21.9 Å². The van der Waals surface area contributed by atoms with Gasteiger partial charge in [-0.05, 0) is 37.1 Å². The van der Waals surface area contributed by atoms with Crippen molar-refractivity contribution >= 4 is 34.2 Å². The van der Waals surface area contributed by atoms with Gasteiger partial charge in [0.2, 0.25) is 0 Å². The van der Waals surface area contributed by atoms with Crippen LogP contribution in [0.15, 0.2) is 35.3 Å². The van der Waals surface area contributed by atoms with Crippen molar-refractivity contribution in [3.8, 4) is 5.75 Å². The number of aliphatic imine (C=N–C) groups is 1. The lowest BCUT2D eigenvalue weighted by Gasteiger charge is -2.21. The molecule has 4 nitrogen and oxygen atoms in total. The fraction of sp³-hybridized carbons (Fsp3) is 0.278. The number of nitrogens with two attached hydrogens (primary N) is 1. The van der Waals surface area contributed by atoms with Crippen LogP contribution in [0.1, 0.15) is 22.3 Å². The van der Waals surface area contributed by atoms with E-state index in [0.29, 0.717) is 22.6 Å². The summed E-state index contributed by atoms with van der Waals surface area (Å²) in [6, 6.07) is 9.87. The van der Waals surface area contributed by atoms with Crippen molar-refractivity contribution in [2.45, 2.75) is 26.2 Å². The lowest BCUT2D eigenvalue weighted by atomic mass is 10.1. The molecule has 6 heteroatoms. The van der Waals surface area contributed by atoms with Gasteiger partial charge < -0.3 is 15.2 Å². The molecule has 2 aromatic carbocycles. The third-order valence-corrected chi connectivity index (χ3v) is 4.85. The standard InChI is InChI=1S/C18H19ClN2O2S/c1-11-4-3-5-12(2)16(11)21-18(20)24-9-14-7-15(19)6-13-8-22-10-23-17(13)14/h3-7H,8-10H2,1-2H3,(H2,20,21). The number of para-hydroxylation sites is 1. The number of aryl methyl sites for hydroxylation is 2. The Morgan fingerprint density at radius 3 is 2.79 bits per heavy atom. The van der Waals surface area contributed by atoms with Crippen molar-refractivity contribution < 1.29 is 9.47 Å². The highest BCUT2D eigenvalue weighted by Crippen LogP contribution is 2.34. The van der Waals surface area contributed by atoms with Gasteiger partial charge in [-0.2, -0.15) is 0 Å². The zero-order valence-electron chi connectivity index (χ0n) is 13.6. The van der Waals surface area contributed by atoms with Crippen LogP contribution in [0.25, 0.3) is 0 Å². The average molecular weight is 363 g/mol. The second kappa shape index (κ2) is 7.47. The lowest BCUT2D eigenvalue weighted by molar-refractivity contribution is -0.0168. The van der Waals surface area contributed by atoms with Crippen LogP contribution >= 0.6 is 23.4 Å². The Balaban J connectivity index is 1.78. The molecule has 0 saturated carbocycles. The van der Waals surface area contributed by atoms with Gasteiger partial charge in [-0.25, -0.2) is 4.99 Å². The highest BCUT2D eigenvalue weighted by Gasteiger charge is 2.16. The molecular formula is C18H19ClN2O2S. The molecule has 0 amide bonds. The fourth-order valence-corrected chi connectivity index (χ4v) is 3.58. The summed E-state index contributed by atoms with van der Waals surface area (Å²) in [4.78, 5) is 4.57. The molecule has 0 bridgehead atoms. The van der Waals surface area contributed by atoms with Crippen molar-refractivity contribution in [1.29, 1.82) is 0 Å². The van der Waals surface area contributed by atoms with E-state index in [1.165, 1.54) is 11.8 Å². The molecule has 1 aliphatic heterocycles. The molecule has 0 radical (unpaired) electrons. The Bertz CT molecular complexity index is 773. The smallest absolute Gasteiger partial charge is 0.189 e. The van der Waals surface area contributed by atoms with E-state index in [2.05, 4.69) is 4.99 Å². The van der Waals surface area contributed by atoms with Gasteiger partial charge in [0.25, 0.3) is 0 Å². The third kappa shape index (κ3) is 3.86. The summed E-state index contributed by atoms with van der Waals surface area (Å²) >= 11 is 7.66. The van der Waals surface area contributed by atoms with Crippen molar-refractivity contribution in [1.82, 2.24) is 0 Å². The fourth-order valence-electron chi connectivity index (χ4n) is 2.64. The van der Waals surface area contributed by atoms with Crippen LogP contribution < -0.4 is 10.5 Å². The summed E-state index contributed by atoms with van der Waals surface area (Å²) in [5.74, 6) is 1.49. The van der Waals surface area contributed by atoms with Gasteiger partial charge in [-0.1, -0.05) is 41.6 Å². The number of amidine groups is 1. The normalized spacial score (nSPS) is 14.2. The summed E-state index contributed by atoms with van der Waals surface area (Å²) in [7, 11) is 0. The van der Waals surface area contributed by atoms with Crippen molar-refractivity contribution in [2.24, 2.45) is 10.7 Å². The number of rotatable bonds is 3. The van der Waals surface area contributed by atoms with Gasteiger partial charge >= 0.3 is 0 Å². The summed E-state index contributed by atoms with van der Waals surface area (Å²) in [5, 5.41) is 1.19. The molecule has 24 heavy (non-hydrogen) atoms. The predicted molar refractivity (Wildman–Crippen MR) is 100 cm³/mol. The van der Waals surface area contributed by atoms with Gasteiger partial charge in [0.05, 0.1) is 12.3 Å². The molecule has 2 aromatic rings. The first kappa shape index (κ1) is 17.1. The lowest BCUT2D eigenvalue weighted by Crippen LogP contribution is -2.13. The van der Waals surface area contributed by atoms with Crippen LogP contribution in [0.3, 0.4) is 0 Å². The first-order valence-corrected chi connectivity index (χ1v) is 8.96. The summed E-state index contributed by atoms with van der Waals surface area (Å²) in [6.07, 6.45) is 0. The molecule has 0 aliphatic carbocycles. The van der Waals surface area contributed by atoms with Crippen molar-refractivity contribution in [2.75, 3.05) is 6.79 Å². The molecule has 0 unspecified atom stereocenters. The Morgan fingerprint density at radius 2 is 2.04 bits per heavy atom. The van der Waals surface area contributed by atoms with Crippen molar-refractivity contribution in [3.63, 3.8) is 0 Å². The SMILES string of the molecule is Cc1cccc(C)c1N=C(N)SCc1cc(Cl)cc2c1OCOC2. The van der Waals surface area contributed by atoms with E-state index < -0.39 is 0 Å². The Morgan fingerprint density at radius 1 is 1.29 bits per heavy atom. The van der Waals surface area contributed by atoms with Crippen LogP contribution in [-0.4, -0.2) is 12.0 Å². The van der Waals surface area contributed by atoms with Crippen LogP contribution in [0.4, 0.5) is 5.69 Å². The number of benzene rings is 2. The zero-order valence-corrected chi connectivity index (χ0v) is 15.2. The topological polar surface area (TPSA) is 56.8 Å². The van der Waals surface area contributed by atoms with Gasteiger partial charge in [-0.3, -0.25) is 0 Å². The molecule has 3 rings (SSSR count). The second-order valence-corrected chi connectivity index (χ2v) is 7.08. The van der Waals surface area contributed by atoms with E-state index in [-0.39, 0.29) is 6.79 Å². The number of ether oxygens (including phenoxy) is 2. The number of hydrogen-bond donors (Lipinski definition) is 1. The summed E-state index contributed by atoms with van der Waals surface area (Å²) in [5.41, 5.74) is 11.2. The minimum atomic E-state index is 0.262. The maximum absolute atomic E-state index is 6.19. The maximum Gasteiger partial charge on any atom is 0.189 e. The number of nitrogens with zero attached hydrogens (tertiary/aromatic N) is 1. The number of thioether (sulfide) groups is 1. The molecule has 0 atom stereocenters. The van der Waals surface area contributed by atoms with Crippen LogP contribution in [0.5, 0.6) is 5.75 Å². The zero-order chi connectivity index (χ0) is 17.1. The largest absolute Gasteiger partial charge is 0.467 e. The number of hydrogen-bond acceptors (Lipinski definition) is 4. The van der Waals surface area contributed by atoms with Crippen LogP contribution in [0, 0.1) is 13.8 Å². The van der Waals surface area contributed by atoms with E-state index >= 15 is 0 Å². The van der Waals surface area contributed by atoms with Crippen LogP contribution in [0.2, 0.25) is 5.02 Å². The number of halogens is 1. The molecule has 1 aliphatic rings. The summed E-state index contributed by atoms with van der Waals surface area (Å²) < 4.78 is 10.9. The number of fused-ring (bicyclic) bond motifs is 1. The molecular weight excluding hydrogens is 344 g/mol. The molecule has 0 spiro atoms. The highest BCUT2D eigenvalue weighted by molar-refractivity contribution is 8.13. The molecule has 126 valence electrons. The Kier molecular flexibility index (Phi) is 5.33. The van der Waals surface area contributed by atoms with E-state index in [4.69, 9.17) is 26.8 Å². The van der Waals surface area contributed by atoms with E-state index in [1.807, 2.05) is 44.2 Å². The van der Waals surface area contributed by atoms with E-state index in [9.17, 15) is 0 Å². The molecule has 1 heterocycles. The van der Waals surface area contributed by atoms with Crippen molar-refractivity contribution in [3.05, 3.63) is 57.6 Å². The summed E-state index contributed by atoms with van der Waals surface area (Å²) in [6.45, 7) is 4.84. The van der Waals surface area contributed by atoms with Gasteiger partial charge in [0.15, 0.2) is 12.0 Å². The maximum atomic E-state index is 6.19. The molecule has 2 N–H and O–H groups in total. The predicted octanol–water partition coefficient (Wildman–Crippen LogP) is 4.70. The van der Waals surface area contributed by atoms with E-state index in [0.717, 1.165) is 33.7 Å². The minimum absolute atomic E-state index is 0.262. The highest BCUT2D eigenvalue weighted by atomic mass is 35.5. The van der Waals surface area contributed by atoms with E-state index in [1.54, 1.807) is 0 Å². The van der Waals surface area contributed by atoms with Gasteiger partial charge in [0.1, 0.15) is 5.75 Å². The first-order valence-electron chi connectivity index (χ1n) is 7.59. The molecule has 0 saturated heterocycles. The van der Waals surface area contributed by atoms with Gasteiger partial charge in [-0.15, -0.1) is 0 Å². The van der Waals surface area contributed by atoms with Crippen LogP contribution in [-0.2, 0) is 17.1 Å². The quantitative estimate of drug-likeness (QED) is 0.635. The monoisotopic (exact) mass is 362 g/mol. The minimum Gasteiger partial charge on any atom is -0.467 e. The average Bonchev–Trinajstić information content (AvgIpc) is 2.56. The Labute approximate surface area is 151 Å². The second-order valence-electron chi connectivity index (χ2n) is 5.64. The third-order valence-electron chi connectivity index (χ3n) is 3.79.